The van der Waals surface area contributed by atoms with E-state index in [1.165, 1.54) is 0 Å². The molecular weight excluding hydrogens is 340 g/mol. The minimum Gasteiger partial charge on any atom is -0.452 e. The van der Waals surface area contributed by atoms with Crippen molar-refractivity contribution < 1.29 is 14.3 Å². The van der Waals surface area contributed by atoms with Crippen LogP contribution in [0, 0.1) is 6.92 Å². The largest absolute Gasteiger partial charge is 0.452 e. The number of aromatic nitrogens is 1. The fourth-order valence-corrected chi connectivity index (χ4v) is 3.08. The summed E-state index contributed by atoms with van der Waals surface area (Å²) >= 11 is 5.99. The van der Waals surface area contributed by atoms with Crippen LogP contribution in [0.3, 0.4) is 0 Å². The first-order valence-corrected chi connectivity index (χ1v) is 8.63. The molecule has 2 aromatic rings. The van der Waals surface area contributed by atoms with E-state index in [0.717, 1.165) is 10.9 Å². The molecular formula is C19H23ClN2O3. The summed E-state index contributed by atoms with van der Waals surface area (Å²) in [6.45, 7) is 9.17. The number of fused-ring (bicyclic) bond motifs is 1. The zero-order valence-electron chi connectivity index (χ0n) is 15.2. The lowest BCUT2D eigenvalue weighted by atomic mass is 10.1. The van der Waals surface area contributed by atoms with E-state index in [9.17, 15) is 9.59 Å². The lowest BCUT2D eigenvalue weighted by Gasteiger charge is -2.30. The Morgan fingerprint density at radius 3 is 2.40 bits per heavy atom. The Morgan fingerprint density at radius 2 is 1.80 bits per heavy atom. The third-order valence-corrected chi connectivity index (χ3v) is 4.15. The highest BCUT2D eigenvalue weighted by molar-refractivity contribution is 6.31. The quantitative estimate of drug-likeness (QED) is 0.754. The summed E-state index contributed by atoms with van der Waals surface area (Å²) in [6.07, 6.45) is 0. The van der Waals surface area contributed by atoms with Gasteiger partial charge in [0, 0.05) is 22.5 Å². The van der Waals surface area contributed by atoms with E-state index in [1.807, 2.05) is 27.7 Å². The van der Waals surface area contributed by atoms with Crippen LogP contribution in [0.5, 0.6) is 0 Å². The van der Waals surface area contributed by atoms with Crippen LogP contribution in [0.25, 0.3) is 10.9 Å². The van der Waals surface area contributed by atoms with E-state index in [4.69, 9.17) is 16.3 Å². The van der Waals surface area contributed by atoms with Crippen molar-refractivity contribution in [3.05, 3.63) is 40.5 Å². The molecule has 0 spiro atoms. The smallest absolute Gasteiger partial charge is 0.340 e. The SMILES string of the molecule is Cc1nc2ccc(Cl)cc2cc1C(=O)OCC(=O)N(C(C)C)C(C)C. The molecule has 0 unspecified atom stereocenters. The summed E-state index contributed by atoms with van der Waals surface area (Å²) in [7, 11) is 0. The molecule has 134 valence electrons. The number of pyridine rings is 1. The van der Waals surface area contributed by atoms with Gasteiger partial charge in [0.15, 0.2) is 6.61 Å². The minimum absolute atomic E-state index is 0.0393. The van der Waals surface area contributed by atoms with E-state index < -0.39 is 5.97 Å². The highest BCUT2D eigenvalue weighted by Crippen LogP contribution is 2.21. The van der Waals surface area contributed by atoms with Gasteiger partial charge in [-0.2, -0.15) is 0 Å². The predicted molar refractivity (Wildman–Crippen MR) is 98.9 cm³/mol. The highest BCUT2D eigenvalue weighted by Gasteiger charge is 2.22. The maximum atomic E-state index is 12.4. The number of halogens is 1. The highest BCUT2D eigenvalue weighted by atomic mass is 35.5. The molecule has 1 amide bonds. The van der Waals surface area contributed by atoms with Crippen molar-refractivity contribution in [3.8, 4) is 0 Å². The van der Waals surface area contributed by atoms with Crippen LogP contribution in [0.1, 0.15) is 43.7 Å². The van der Waals surface area contributed by atoms with Crippen molar-refractivity contribution in [1.29, 1.82) is 0 Å². The van der Waals surface area contributed by atoms with Gasteiger partial charge in [0.1, 0.15) is 0 Å². The Labute approximate surface area is 152 Å². The average molecular weight is 363 g/mol. The van der Waals surface area contributed by atoms with E-state index in [2.05, 4.69) is 4.98 Å². The number of amides is 1. The van der Waals surface area contributed by atoms with Crippen LogP contribution in [-0.2, 0) is 9.53 Å². The molecule has 0 N–H and O–H groups in total. The number of benzene rings is 1. The molecule has 0 aliphatic rings. The van der Waals surface area contributed by atoms with Crippen molar-refractivity contribution in [2.45, 2.75) is 46.7 Å². The van der Waals surface area contributed by atoms with Gasteiger partial charge in [-0.15, -0.1) is 0 Å². The number of ether oxygens (including phenoxy) is 1. The van der Waals surface area contributed by atoms with Gasteiger partial charge < -0.3 is 9.64 Å². The number of esters is 1. The molecule has 5 nitrogen and oxygen atoms in total. The van der Waals surface area contributed by atoms with Crippen LogP contribution in [0.4, 0.5) is 0 Å². The second-order valence-corrected chi connectivity index (χ2v) is 6.96. The molecule has 0 bridgehead atoms. The van der Waals surface area contributed by atoms with Gasteiger partial charge >= 0.3 is 5.97 Å². The summed E-state index contributed by atoms with van der Waals surface area (Å²) in [5, 5.41) is 1.32. The fraction of sp³-hybridized carbons (Fsp3) is 0.421. The van der Waals surface area contributed by atoms with Crippen molar-refractivity contribution in [3.63, 3.8) is 0 Å². The number of rotatable bonds is 5. The first-order chi connectivity index (χ1) is 11.7. The Hall–Kier alpha value is -2.14. The first-order valence-electron chi connectivity index (χ1n) is 8.26. The summed E-state index contributed by atoms with van der Waals surface area (Å²) in [4.78, 5) is 30.8. The van der Waals surface area contributed by atoms with Crippen molar-refractivity contribution in [1.82, 2.24) is 9.88 Å². The fourth-order valence-electron chi connectivity index (χ4n) is 2.90. The van der Waals surface area contributed by atoms with Gasteiger partial charge in [0.2, 0.25) is 0 Å². The van der Waals surface area contributed by atoms with Crippen LogP contribution in [0.15, 0.2) is 24.3 Å². The maximum Gasteiger partial charge on any atom is 0.340 e. The normalized spacial score (nSPS) is 11.2. The average Bonchev–Trinajstić information content (AvgIpc) is 2.51. The zero-order valence-corrected chi connectivity index (χ0v) is 15.9. The number of carbonyl (C=O) groups is 2. The van der Waals surface area contributed by atoms with Gasteiger partial charge in [0.05, 0.1) is 16.8 Å². The second-order valence-electron chi connectivity index (χ2n) is 6.52. The molecule has 1 aromatic heterocycles. The van der Waals surface area contributed by atoms with Gasteiger partial charge in [-0.1, -0.05) is 11.6 Å². The Morgan fingerprint density at radius 1 is 1.16 bits per heavy atom. The molecule has 0 fully saturated rings. The summed E-state index contributed by atoms with van der Waals surface area (Å²) < 4.78 is 5.23. The number of nitrogens with zero attached hydrogens (tertiary/aromatic N) is 2. The summed E-state index contributed by atoms with van der Waals surface area (Å²) in [5.41, 5.74) is 1.64. The van der Waals surface area contributed by atoms with E-state index in [-0.39, 0.29) is 24.6 Å². The second kappa shape index (κ2) is 7.83. The lowest BCUT2D eigenvalue weighted by molar-refractivity contribution is -0.138. The number of hydrogen-bond acceptors (Lipinski definition) is 4. The van der Waals surface area contributed by atoms with Crippen LogP contribution >= 0.6 is 11.6 Å². The number of hydrogen-bond donors (Lipinski definition) is 0. The van der Waals surface area contributed by atoms with Crippen LogP contribution in [0.2, 0.25) is 5.02 Å². The molecule has 25 heavy (non-hydrogen) atoms. The number of carbonyl (C=O) groups excluding carboxylic acids is 2. The zero-order chi connectivity index (χ0) is 18.7. The third kappa shape index (κ3) is 4.48. The summed E-state index contributed by atoms with van der Waals surface area (Å²) in [6, 6.07) is 7.06. The topological polar surface area (TPSA) is 59.5 Å². The Kier molecular flexibility index (Phi) is 6.01. The third-order valence-electron chi connectivity index (χ3n) is 3.91. The van der Waals surface area contributed by atoms with Crippen molar-refractivity contribution in [2.75, 3.05) is 6.61 Å². The standard InChI is InChI=1S/C19H23ClN2O3/c1-11(2)22(12(3)4)18(23)10-25-19(24)16-9-14-8-15(20)6-7-17(14)21-13(16)5/h6-9,11-12H,10H2,1-5H3. The molecule has 2 rings (SSSR count). The molecule has 0 aliphatic heterocycles. The first kappa shape index (κ1) is 19.2. The van der Waals surface area contributed by atoms with E-state index in [0.29, 0.717) is 16.3 Å². The number of aryl methyl sites for hydroxylation is 1. The molecule has 6 heteroatoms. The molecule has 1 heterocycles. The van der Waals surface area contributed by atoms with Crippen LogP contribution < -0.4 is 0 Å². The van der Waals surface area contributed by atoms with Gasteiger partial charge in [0.25, 0.3) is 5.91 Å². The molecule has 0 saturated carbocycles. The Balaban J connectivity index is 2.17. The van der Waals surface area contributed by atoms with Crippen molar-refractivity contribution in [2.24, 2.45) is 0 Å². The van der Waals surface area contributed by atoms with Gasteiger partial charge in [-0.3, -0.25) is 9.78 Å². The molecule has 0 saturated heterocycles. The van der Waals surface area contributed by atoms with Crippen molar-refractivity contribution >= 4 is 34.4 Å². The van der Waals surface area contributed by atoms with Gasteiger partial charge in [-0.05, 0) is 58.9 Å². The lowest BCUT2D eigenvalue weighted by Crippen LogP contribution is -2.44. The van der Waals surface area contributed by atoms with Gasteiger partial charge in [-0.25, -0.2) is 4.79 Å². The van der Waals surface area contributed by atoms with Crippen LogP contribution in [-0.4, -0.2) is 40.5 Å². The molecule has 0 aliphatic carbocycles. The molecule has 0 radical (unpaired) electrons. The van der Waals surface area contributed by atoms with E-state index >= 15 is 0 Å². The Bertz CT molecular complexity index is 795. The minimum atomic E-state index is -0.562. The maximum absolute atomic E-state index is 12.4. The molecule has 0 atom stereocenters. The summed E-state index contributed by atoms with van der Waals surface area (Å²) in [5.74, 6) is -0.777. The molecule has 1 aromatic carbocycles. The van der Waals surface area contributed by atoms with E-state index in [1.54, 1.807) is 36.1 Å². The monoisotopic (exact) mass is 362 g/mol. The predicted octanol–water partition coefficient (Wildman–Crippen LogP) is 4.00.